The molecule has 0 aliphatic heterocycles. The predicted molar refractivity (Wildman–Crippen MR) is 70.0 cm³/mol. The third-order valence-corrected chi connectivity index (χ3v) is 2.76. The van der Waals surface area contributed by atoms with Crippen LogP contribution in [-0.4, -0.2) is 20.9 Å². The van der Waals surface area contributed by atoms with Gasteiger partial charge in [0, 0.05) is 12.3 Å². The van der Waals surface area contributed by atoms with E-state index in [2.05, 4.69) is 5.10 Å². The molecule has 4 nitrogen and oxygen atoms in total. The minimum Gasteiger partial charge on any atom is -0.478 e. The van der Waals surface area contributed by atoms with Gasteiger partial charge in [0.1, 0.15) is 0 Å². The summed E-state index contributed by atoms with van der Waals surface area (Å²) in [5.74, 6) is -0.974. The number of rotatable bonds is 3. The van der Waals surface area contributed by atoms with Gasteiger partial charge in [0.2, 0.25) is 0 Å². The Hall–Kier alpha value is -2.07. The van der Waals surface area contributed by atoms with Crippen molar-refractivity contribution in [3.8, 4) is 5.69 Å². The SMILES string of the molecule is Cc1nn(-c2cccc(C=CC(=O)O)c2)cc1Cl. The van der Waals surface area contributed by atoms with Gasteiger partial charge in [-0.1, -0.05) is 23.7 Å². The van der Waals surface area contributed by atoms with Crippen molar-refractivity contribution in [3.63, 3.8) is 0 Å². The minimum absolute atomic E-state index is 0.599. The van der Waals surface area contributed by atoms with Gasteiger partial charge >= 0.3 is 5.97 Å². The molecule has 0 aliphatic rings. The van der Waals surface area contributed by atoms with Crippen LogP contribution in [0.5, 0.6) is 0 Å². The highest BCUT2D eigenvalue weighted by atomic mass is 35.5. The predicted octanol–water partition coefficient (Wildman–Crippen LogP) is 2.93. The van der Waals surface area contributed by atoms with Crippen LogP contribution in [0.3, 0.4) is 0 Å². The monoisotopic (exact) mass is 262 g/mol. The van der Waals surface area contributed by atoms with Gasteiger partial charge < -0.3 is 5.11 Å². The summed E-state index contributed by atoms with van der Waals surface area (Å²) in [6.07, 6.45) is 4.35. The van der Waals surface area contributed by atoms with Gasteiger partial charge in [0.15, 0.2) is 0 Å². The Morgan fingerprint density at radius 1 is 1.50 bits per heavy atom. The third-order valence-electron chi connectivity index (χ3n) is 2.39. The Bertz CT molecular complexity index is 598. The maximum absolute atomic E-state index is 10.5. The van der Waals surface area contributed by atoms with E-state index in [1.807, 2.05) is 31.2 Å². The van der Waals surface area contributed by atoms with Gasteiger partial charge in [-0.3, -0.25) is 0 Å². The molecule has 5 heteroatoms. The van der Waals surface area contributed by atoms with E-state index in [-0.39, 0.29) is 0 Å². The van der Waals surface area contributed by atoms with E-state index in [1.165, 1.54) is 6.08 Å². The fourth-order valence-corrected chi connectivity index (χ4v) is 1.64. The third kappa shape index (κ3) is 2.78. The maximum Gasteiger partial charge on any atom is 0.328 e. The topological polar surface area (TPSA) is 55.1 Å². The molecule has 0 saturated heterocycles. The van der Waals surface area contributed by atoms with Crippen LogP contribution in [0.4, 0.5) is 0 Å². The Morgan fingerprint density at radius 3 is 2.89 bits per heavy atom. The van der Waals surface area contributed by atoms with Crippen molar-refractivity contribution >= 4 is 23.6 Å². The van der Waals surface area contributed by atoms with E-state index in [0.717, 1.165) is 23.0 Å². The average Bonchev–Trinajstić information content (AvgIpc) is 2.68. The summed E-state index contributed by atoms with van der Waals surface area (Å²) < 4.78 is 1.66. The van der Waals surface area contributed by atoms with Crippen molar-refractivity contribution in [2.24, 2.45) is 0 Å². The molecule has 1 aromatic carbocycles. The van der Waals surface area contributed by atoms with Crippen molar-refractivity contribution in [2.45, 2.75) is 6.92 Å². The first-order valence-electron chi connectivity index (χ1n) is 5.29. The molecule has 0 atom stereocenters. The van der Waals surface area contributed by atoms with Gasteiger partial charge in [-0.2, -0.15) is 5.10 Å². The number of carbonyl (C=O) groups is 1. The van der Waals surface area contributed by atoms with Crippen LogP contribution >= 0.6 is 11.6 Å². The molecule has 18 heavy (non-hydrogen) atoms. The molecular formula is C13H11ClN2O2. The summed E-state index contributed by atoms with van der Waals surface area (Å²) in [6, 6.07) is 7.37. The Kier molecular flexibility index (Phi) is 3.48. The lowest BCUT2D eigenvalue weighted by molar-refractivity contribution is -0.131. The summed E-state index contributed by atoms with van der Waals surface area (Å²) in [7, 11) is 0. The fourth-order valence-electron chi connectivity index (χ4n) is 1.51. The molecule has 1 heterocycles. The Morgan fingerprint density at radius 2 is 2.28 bits per heavy atom. The highest BCUT2D eigenvalue weighted by Crippen LogP contribution is 2.17. The zero-order valence-corrected chi connectivity index (χ0v) is 10.4. The van der Waals surface area contributed by atoms with Crippen LogP contribution in [0.1, 0.15) is 11.3 Å². The number of hydrogen-bond acceptors (Lipinski definition) is 2. The number of halogens is 1. The molecule has 1 N–H and O–H groups in total. The first-order valence-corrected chi connectivity index (χ1v) is 5.67. The van der Waals surface area contributed by atoms with Crippen LogP contribution in [0, 0.1) is 6.92 Å². The maximum atomic E-state index is 10.5. The molecule has 0 saturated carbocycles. The van der Waals surface area contributed by atoms with E-state index >= 15 is 0 Å². The van der Waals surface area contributed by atoms with Gasteiger partial charge in [-0.05, 0) is 30.7 Å². The summed E-state index contributed by atoms with van der Waals surface area (Å²) in [4.78, 5) is 10.5. The van der Waals surface area contributed by atoms with Crippen LogP contribution in [-0.2, 0) is 4.79 Å². The zero-order chi connectivity index (χ0) is 13.1. The number of benzene rings is 1. The lowest BCUT2D eigenvalue weighted by Gasteiger charge is -2.02. The summed E-state index contributed by atoms with van der Waals surface area (Å²) in [5, 5.41) is 13.4. The molecule has 0 spiro atoms. The number of aromatic nitrogens is 2. The molecule has 0 amide bonds. The standard InChI is InChI=1S/C13H11ClN2O2/c1-9-12(14)8-16(15-9)11-4-2-3-10(7-11)5-6-13(17)18/h2-8H,1H3,(H,17,18). The smallest absolute Gasteiger partial charge is 0.328 e. The van der Waals surface area contributed by atoms with Crippen LogP contribution in [0.15, 0.2) is 36.5 Å². The average molecular weight is 263 g/mol. The van der Waals surface area contributed by atoms with Crippen LogP contribution in [0.25, 0.3) is 11.8 Å². The van der Waals surface area contributed by atoms with Crippen molar-refractivity contribution in [1.29, 1.82) is 0 Å². The molecule has 0 radical (unpaired) electrons. The second-order valence-corrected chi connectivity index (χ2v) is 4.18. The van der Waals surface area contributed by atoms with Gasteiger partial charge in [0.05, 0.1) is 16.4 Å². The Labute approximate surface area is 109 Å². The molecule has 0 aliphatic carbocycles. The number of aryl methyl sites for hydroxylation is 1. The van der Waals surface area contributed by atoms with Gasteiger partial charge in [0.25, 0.3) is 0 Å². The summed E-state index contributed by atoms with van der Waals surface area (Å²) >= 11 is 5.95. The number of carboxylic acid groups (broad SMARTS) is 1. The second kappa shape index (κ2) is 5.06. The fraction of sp³-hybridized carbons (Fsp3) is 0.0769. The largest absolute Gasteiger partial charge is 0.478 e. The van der Waals surface area contributed by atoms with E-state index in [4.69, 9.17) is 16.7 Å². The first kappa shape index (κ1) is 12.4. The normalized spacial score (nSPS) is 11.0. The van der Waals surface area contributed by atoms with E-state index < -0.39 is 5.97 Å². The van der Waals surface area contributed by atoms with Crippen LogP contribution in [0.2, 0.25) is 5.02 Å². The zero-order valence-electron chi connectivity index (χ0n) is 9.67. The molecule has 1 aromatic heterocycles. The number of carboxylic acids is 1. The van der Waals surface area contributed by atoms with E-state index in [9.17, 15) is 4.79 Å². The summed E-state index contributed by atoms with van der Waals surface area (Å²) in [5.41, 5.74) is 2.37. The van der Waals surface area contributed by atoms with Gasteiger partial charge in [-0.25, -0.2) is 9.48 Å². The highest BCUT2D eigenvalue weighted by molar-refractivity contribution is 6.31. The number of aliphatic carboxylic acids is 1. The molecular weight excluding hydrogens is 252 g/mol. The first-order chi connectivity index (χ1) is 8.56. The lowest BCUT2D eigenvalue weighted by Crippen LogP contribution is -1.95. The molecule has 0 bridgehead atoms. The van der Waals surface area contributed by atoms with Crippen molar-refractivity contribution in [1.82, 2.24) is 9.78 Å². The van der Waals surface area contributed by atoms with Gasteiger partial charge in [-0.15, -0.1) is 0 Å². The molecule has 0 fully saturated rings. The van der Waals surface area contributed by atoms with E-state index in [1.54, 1.807) is 10.9 Å². The summed E-state index contributed by atoms with van der Waals surface area (Å²) in [6.45, 7) is 1.83. The molecule has 0 unspecified atom stereocenters. The Balaban J connectivity index is 2.35. The van der Waals surface area contributed by atoms with Crippen molar-refractivity contribution in [3.05, 3.63) is 52.8 Å². The second-order valence-electron chi connectivity index (χ2n) is 3.77. The minimum atomic E-state index is -0.974. The number of hydrogen-bond donors (Lipinski definition) is 1. The molecule has 2 aromatic rings. The highest BCUT2D eigenvalue weighted by Gasteiger charge is 2.03. The van der Waals surface area contributed by atoms with Crippen LogP contribution < -0.4 is 0 Å². The lowest BCUT2D eigenvalue weighted by atomic mass is 10.2. The van der Waals surface area contributed by atoms with Crippen molar-refractivity contribution < 1.29 is 9.90 Å². The van der Waals surface area contributed by atoms with E-state index in [0.29, 0.717) is 5.02 Å². The quantitative estimate of drug-likeness (QED) is 0.866. The van der Waals surface area contributed by atoms with Crippen molar-refractivity contribution in [2.75, 3.05) is 0 Å². The number of nitrogens with zero attached hydrogens (tertiary/aromatic N) is 2. The molecule has 92 valence electrons. The molecule has 2 rings (SSSR count).